The van der Waals surface area contributed by atoms with Crippen molar-refractivity contribution in [2.45, 2.75) is 13.0 Å². The van der Waals surface area contributed by atoms with Gasteiger partial charge in [0.05, 0.1) is 19.8 Å². The van der Waals surface area contributed by atoms with Crippen LogP contribution in [0.15, 0.2) is 78.9 Å². The van der Waals surface area contributed by atoms with Gasteiger partial charge in [-0.05, 0) is 48.9 Å². The first-order valence-corrected chi connectivity index (χ1v) is 11.5. The van der Waals surface area contributed by atoms with Gasteiger partial charge in [0.2, 0.25) is 5.91 Å². The van der Waals surface area contributed by atoms with Crippen LogP contribution in [0.1, 0.15) is 17.2 Å². The molecule has 7 heteroatoms. The quantitative estimate of drug-likeness (QED) is 0.474. The molecule has 7 nitrogen and oxygen atoms in total. The molecule has 1 aliphatic rings. The highest BCUT2D eigenvalue weighted by Crippen LogP contribution is 2.23. The van der Waals surface area contributed by atoms with Gasteiger partial charge in [0.25, 0.3) is 5.91 Å². The summed E-state index contributed by atoms with van der Waals surface area (Å²) in [7, 11) is 0. The zero-order chi connectivity index (χ0) is 23.8. The monoisotopic (exact) mass is 458 g/mol. The Morgan fingerprint density at radius 1 is 0.824 bits per heavy atom. The molecule has 2 amide bonds. The Balaban J connectivity index is 1.41. The van der Waals surface area contributed by atoms with Gasteiger partial charge in [-0.2, -0.15) is 0 Å². The summed E-state index contributed by atoms with van der Waals surface area (Å²) in [6, 6.07) is 24.1. The molecule has 1 fully saturated rings. The first-order valence-electron chi connectivity index (χ1n) is 11.5. The average Bonchev–Trinajstić information content (AvgIpc) is 2.86. The SMILES string of the molecule is Cc1ccc(NC(=O)[C@@H](Nc2ccc(NC(=O)CN3CCOCC3)cc2)c2ccccc2)cc1. The van der Waals surface area contributed by atoms with Crippen molar-refractivity contribution >= 4 is 28.9 Å². The van der Waals surface area contributed by atoms with E-state index in [1.165, 1.54) is 0 Å². The highest BCUT2D eigenvalue weighted by molar-refractivity contribution is 5.97. The van der Waals surface area contributed by atoms with Gasteiger partial charge in [-0.25, -0.2) is 0 Å². The van der Waals surface area contributed by atoms with Crippen LogP contribution in [-0.2, 0) is 14.3 Å². The third-order valence-corrected chi connectivity index (χ3v) is 5.66. The molecule has 34 heavy (non-hydrogen) atoms. The molecule has 3 aromatic carbocycles. The maximum absolute atomic E-state index is 13.2. The van der Waals surface area contributed by atoms with Gasteiger partial charge in [0.15, 0.2) is 0 Å². The molecule has 1 saturated heterocycles. The van der Waals surface area contributed by atoms with E-state index in [0.29, 0.717) is 25.4 Å². The third kappa shape index (κ3) is 6.66. The molecule has 1 atom stereocenters. The van der Waals surface area contributed by atoms with Gasteiger partial charge in [0.1, 0.15) is 6.04 Å². The van der Waals surface area contributed by atoms with Crippen LogP contribution in [0.2, 0.25) is 0 Å². The number of aryl methyl sites for hydroxylation is 1. The van der Waals surface area contributed by atoms with Crippen LogP contribution < -0.4 is 16.0 Å². The van der Waals surface area contributed by atoms with Crippen molar-refractivity contribution in [1.82, 2.24) is 4.90 Å². The lowest BCUT2D eigenvalue weighted by Gasteiger charge is -2.25. The predicted octanol–water partition coefficient (Wildman–Crippen LogP) is 4.06. The van der Waals surface area contributed by atoms with Crippen molar-refractivity contribution in [2.24, 2.45) is 0 Å². The van der Waals surface area contributed by atoms with E-state index in [4.69, 9.17) is 4.74 Å². The number of benzene rings is 3. The van der Waals surface area contributed by atoms with Gasteiger partial charge in [0, 0.05) is 30.2 Å². The van der Waals surface area contributed by atoms with E-state index in [9.17, 15) is 9.59 Å². The summed E-state index contributed by atoms with van der Waals surface area (Å²) in [6.07, 6.45) is 0. The number of morpholine rings is 1. The van der Waals surface area contributed by atoms with Crippen LogP contribution in [0.25, 0.3) is 0 Å². The molecule has 3 aromatic rings. The molecule has 0 unspecified atom stereocenters. The Morgan fingerprint density at radius 2 is 1.41 bits per heavy atom. The molecule has 0 saturated carbocycles. The lowest BCUT2D eigenvalue weighted by atomic mass is 10.1. The fourth-order valence-electron chi connectivity index (χ4n) is 3.78. The van der Waals surface area contributed by atoms with Gasteiger partial charge >= 0.3 is 0 Å². The van der Waals surface area contributed by atoms with Crippen molar-refractivity contribution < 1.29 is 14.3 Å². The van der Waals surface area contributed by atoms with Crippen LogP contribution in [-0.4, -0.2) is 49.6 Å². The minimum Gasteiger partial charge on any atom is -0.379 e. The van der Waals surface area contributed by atoms with Gasteiger partial charge in [-0.3, -0.25) is 14.5 Å². The number of anilines is 3. The largest absolute Gasteiger partial charge is 0.379 e. The summed E-state index contributed by atoms with van der Waals surface area (Å²) >= 11 is 0. The molecule has 1 heterocycles. The smallest absolute Gasteiger partial charge is 0.251 e. The fourth-order valence-corrected chi connectivity index (χ4v) is 3.78. The second-order valence-electron chi connectivity index (χ2n) is 8.36. The summed E-state index contributed by atoms with van der Waals surface area (Å²) < 4.78 is 5.32. The molecule has 0 aliphatic carbocycles. The van der Waals surface area contributed by atoms with Crippen molar-refractivity contribution in [3.05, 3.63) is 90.0 Å². The zero-order valence-corrected chi connectivity index (χ0v) is 19.3. The number of nitrogens with one attached hydrogen (secondary N) is 3. The van der Waals surface area contributed by atoms with E-state index in [-0.39, 0.29) is 11.8 Å². The average molecular weight is 459 g/mol. The van der Waals surface area contributed by atoms with Gasteiger partial charge in [-0.1, -0.05) is 48.0 Å². The molecule has 3 N–H and O–H groups in total. The summed E-state index contributed by atoms with van der Waals surface area (Å²) in [6.45, 7) is 5.21. The van der Waals surface area contributed by atoms with Gasteiger partial charge < -0.3 is 20.7 Å². The van der Waals surface area contributed by atoms with E-state index in [2.05, 4.69) is 20.9 Å². The normalized spacial score (nSPS) is 14.7. The predicted molar refractivity (Wildman–Crippen MR) is 135 cm³/mol. The first kappa shape index (κ1) is 23.5. The van der Waals surface area contributed by atoms with E-state index in [1.807, 2.05) is 85.8 Å². The number of amides is 2. The lowest BCUT2D eigenvalue weighted by Crippen LogP contribution is -2.41. The van der Waals surface area contributed by atoms with E-state index in [1.54, 1.807) is 0 Å². The number of rotatable bonds is 8. The molecular weight excluding hydrogens is 428 g/mol. The number of hydrogen-bond acceptors (Lipinski definition) is 5. The molecular formula is C27H30N4O3. The molecule has 0 aromatic heterocycles. The van der Waals surface area contributed by atoms with Crippen LogP contribution in [0.3, 0.4) is 0 Å². The fraction of sp³-hybridized carbons (Fsp3) is 0.259. The van der Waals surface area contributed by atoms with E-state index in [0.717, 1.165) is 35.6 Å². The van der Waals surface area contributed by atoms with Crippen molar-refractivity contribution in [3.63, 3.8) is 0 Å². The molecule has 0 radical (unpaired) electrons. The van der Waals surface area contributed by atoms with Crippen LogP contribution in [0.5, 0.6) is 0 Å². The summed E-state index contributed by atoms with van der Waals surface area (Å²) in [5, 5.41) is 9.25. The van der Waals surface area contributed by atoms with Crippen molar-refractivity contribution in [1.29, 1.82) is 0 Å². The molecule has 1 aliphatic heterocycles. The van der Waals surface area contributed by atoms with E-state index < -0.39 is 6.04 Å². The highest BCUT2D eigenvalue weighted by Gasteiger charge is 2.21. The minimum absolute atomic E-state index is 0.0535. The Hall–Kier alpha value is -3.68. The molecule has 4 rings (SSSR count). The highest BCUT2D eigenvalue weighted by atomic mass is 16.5. The number of carbonyl (C=O) groups is 2. The standard InChI is InChI=1S/C27H30N4O3/c1-20-7-9-24(10-8-20)30-27(33)26(21-5-3-2-4-6-21)29-23-13-11-22(12-14-23)28-25(32)19-31-15-17-34-18-16-31/h2-14,26,29H,15-19H2,1H3,(H,28,32)(H,30,33)/t26-/m0/s1. The van der Waals surface area contributed by atoms with Crippen LogP contribution in [0, 0.1) is 6.92 Å². The first-order chi connectivity index (χ1) is 16.6. The Bertz CT molecular complexity index is 1080. The van der Waals surface area contributed by atoms with Crippen LogP contribution in [0.4, 0.5) is 17.1 Å². The number of hydrogen-bond donors (Lipinski definition) is 3. The minimum atomic E-state index is -0.579. The van der Waals surface area contributed by atoms with Crippen molar-refractivity contribution in [3.8, 4) is 0 Å². The number of ether oxygens (including phenoxy) is 1. The number of nitrogens with zero attached hydrogens (tertiary/aromatic N) is 1. The molecule has 0 bridgehead atoms. The third-order valence-electron chi connectivity index (χ3n) is 5.66. The molecule has 0 spiro atoms. The van der Waals surface area contributed by atoms with Crippen LogP contribution >= 0.6 is 0 Å². The Morgan fingerprint density at radius 3 is 2.09 bits per heavy atom. The topological polar surface area (TPSA) is 82.7 Å². The summed E-state index contributed by atoms with van der Waals surface area (Å²) in [5.74, 6) is -0.208. The Labute approximate surface area is 200 Å². The molecule has 176 valence electrons. The van der Waals surface area contributed by atoms with Gasteiger partial charge in [-0.15, -0.1) is 0 Å². The maximum atomic E-state index is 13.2. The zero-order valence-electron chi connectivity index (χ0n) is 19.3. The summed E-state index contributed by atoms with van der Waals surface area (Å²) in [5.41, 5.74) is 4.22. The van der Waals surface area contributed by atoms with Crippen molar-refractivity contribution in [2.75, 3.05) is 48.8 Å². The Kier molecular flexibility index (Phi) is 7.91. The second-order valence-corrected chi connectivity index (χ2v) is 8.36. The second kappa shape index (κ2) is 11.4. The lowest BCUT2D eigenvalue weighted by molar-refractivity contribution is -0.118. The maximum Gasteiger partial charge on any atom is 0.251 e. The summed E-state index contributed by atoms with van der Waals surface area (Å²) in [4.78, 5) is 27.6. The van der Waals surface area contributed by atoms with E-state index >= 15 is 0 Å². The number of carbonyl (C=O) groups excluding carboxylic acids is 2.